The lowest BCUT2D eigenvalue weighted by atomic mass is 10.1. The van der Waals surface area contributed by atoms with Gasteiger partial charge in [-0.1, -0.05) is 20.3 Å². The van der Waals surface area contributed by atoms with Gasteiger partial charge in [0.05, 0.1) is 4.92 Å². The standard InChI is InChI=1S/C14H23N5O2/c1-4-8-15-14-16-10(3)12(19(20)21)13(18-14)17-11-7-5-6-9(11)2/h9,11H,4-8H2,1-3H3,(H2,15,16,17,18). The molecule has 7 nitrogen and oxygen atoms in total. The van der Waals surface area contributed by atoms with Crippen molar-refractivity contribution in [3.63, 3.8) is 0 Å². The molecule has 0 spiro atoms. The van der Waals surface area contributed by atoms with Crippen molar-refractivity contribution in [3.8, 4) is 0 Å². The molecule has 0 aliphatic heterocycles. The fraction of sp³-hybridized carbons (Fsp3) is 0.714. The van der Waals surface area contributed by atoms with Crippen molar-refractivity contribution in [3.05, 3.63) is 15.8 Å². The summed E-state index contributed by atoms with van der Waals surface area (Å²) >= 11 is 0. The SMILES string of the molecule is CCCNc1nc(C)c([N+](=O)[O-])c(NC2CCCC2C)n1. The minimum Gasteiger partial charge on any atom is -0.361 e. The summed E-state index contributed by atoms with van der Waals surface area (Å²) in [5.74, 6) is 1.30. The third kappa shape index (κ3) is 3.59. The molecule has 116 valence electrons. The number of aromatic nitrogens is 2. The highest BCUT2D eigenvalue weighted by Crippen LogP contribution is 2.32. The van der Waals surface area contributed by atoms with Crippen LogP contribution in [0.5, 0.6) is 0 Å². The Morgan fingerprint density at radius 3 is 2.71 bits per heavy atom. The molecule has 2 rings (SSSR count). The Bertz CT molecular complexity index is 520. The van der Waals surface area contributed by atoms with E-state index < -0.39 is 4.92 Å². The number of rotatable bonds is 6. The van der Waals surface area contributed by atoms with E-state index in [0.717, 1.165) is 32.2 Å². The minimum absolute atomic E-state index is 0.0175. The second-order valence-corrected chi connectivity index (χ2v) is 5.67. The van der Waals surface area contributed by atoms with E-state index in [2.05, 4.69) is 27.5 Å². The predicted molar refractivity (Wildman–Crippen MR) is 82.6 cm³/mol. The molecule has 0 bridgehead atoms. The molecule has 1 heterocycles. The van der Waals surface area contributed by atoms with Crippen LogP contribution in [-0.4, -0.2) is 27.5 Å². The van der Waals surface area contributed by atoms with Gasteiger partial charge in [0, 0.05) is 12.6 Å². The second kappa shape index (κ2) is 6.69. The molecule has 1 fully saturated rings. The van der Waals surface area contributed by atoms with Crippen molar-refractivity contribution in [1.29, 1.82) is 0 Å². The molecule has 1 saturated carbocycles. The molecule has 21 heavy (non-hydrogen) atoms. The first-order valence-electron chi connectivity index (χ1n) is 7.56. The number of nitrogens with one attached hydrogen (secondary N) is 2. The Balaban J connectivity index is 2.30. The van der Waals surface area contributed by atoms with E-state index in [4.69, 9.17) is 0 Å². The van der Waals surface area contributed by atoms with Crippen LogP contribution in [-0.2, 0) is 0 Å². The minimum atomic E-state index is -0.402. The second-order valence-electron chi connectivity index (χ2n) is 5.67. The number of hydrogen-bond acceptors (Lipinski definition) is 6. The zero-order chi connectivity index (χ0) is 15.4. The Morgan fingerprint density at radius 2 is 2.14 bits per heavy atom. The van der Waals surface area contributed by atoms with Crippen LogP contribution in [0, 0.1) is 23.0 Å². The molecule has 1 aliphatic rings. The fourth-order valence-electron chi connectivity index (χ4n) is 2.74. The smallest absolute Gasteiger partial charge is 0.332 e. The molecule has 7 heteroatoms. The Hall–Kier alpha value is -1.92. The summed E-state index contributed by atoms with van der Waals surface area (Å²) in [4.78, 5) is 19.4. The van der Waals surface area contributed by atoms with Crippen molar-refractivity contribution < 1.29 is 4.92 Å². The average molecular weight is 293 g/mol. The molecule has 0 radical (unpaired) electrons. The van der Waals surface area contributed by atoms with Crippen molar-refractivity contribution >= 4 is 17.5 Å². The zero-order valence-electron chi connectivity index (χ0n) is 12.8. The van der Waals surface area contributed by atoms with Crippen LogP contribution in [0.1, 0.15) is 45.2 Å². The summed E-state index contributed by atoms with van der Waals surface area (Å²) in [7, 11) is 0. The van der Waals surface area contributed by atoms with E-state index >= 15 is 0 Å². The number of aryl methyl sites for hydroxylation is 1. The van der Waals surface area contributed by atoms with Gasteiger partial charge in [0.15, 0.2) is 0 Å². The van der Waals surface area contributed by atoms with Gasteiger partial charge >= 0.3 is 5.69 Å². The van der Waals surface area contributed by atoms with Gasteiger partial charge in [-0.25, -0.2) is 4.98 Å². The summed E-state index contributed by atoms with van der Waals surface area (Å²) in [6.07, 6.45) is 4.27. The lowest BCUT2D eigenvalue weighted by Crippen LogP contribution is -2.24. The Morgan fingerprint density at radius 1 is 1.38 bits per heavy atom. The maximum Gasteiger partial charge on any atom is 0.332 e. The predicted octanol–water partition coefficient (Wildman–Crippen LogP) is 3.12. The highest BCUT2D eigenvalue weighted by molar-refractivity contribution is 5.61. The van der Waals surface area contributed by atoms with Crippen LogP contribution in [0.15, 0.2) is 0 Å². The molecule has 2 atom stereocenters. The molecular formula is C14H23N5O2. The molecule has 0 aromatic carbocycles. The van der Waals surface area contributed by atoms with Crippen molar-refractivity contribution in [2.75, 3.05) is 17.2 Å². The summed E-state index contributed by atoms with van der Waals surface area (Å²) in [5, 5.41) is 17.6. The van der Waals surface area contributed by atoms with E-state index in [9.17, 15) is 10.1 Å². The van der Waals surface area contributed by atoms with Crippen molar-refractivity contribution in [2.24, 2.45) is 5.92 Å². The van der Waals surface area contributed by atoms with E-state index in [1.165, 1.54) is 0 Å². The normalized spacial score (nSPS) is 21.3. The van der Waals surface area contributed by atoms with Gasteiger partial charge in [-0.3, -0.25) is 10.1 Å². The summed E-state index contributed by atoms with van der Waals surface area (Å²) in [6.45, 7) is 6.61. The number of anilines is 2. The van der Waals surface area contributed by atoms with Gasteiger partial charge < -0.3 is 10.6 Å². The first kappa shape index (κ1) is 15.5. The molecule has 0 saturated heterocycles. The quantitative estimate of drug-likeness (QED) is 0.618. The maximum absolute atomic E-state index is 11.3. The largest absolute Gasteiger partial charge is 0.361 e. The Labute approximate surface area is 124 Å². The molecule has 0 amide bonds. The molecule has 1 aromatic heterocycles. The maximum atomic E-state index is 11.3. The van der Waals surface area contributed by atoms with Gasteiger partial charge in [-0.2, -0.15) is 4.98 Å². The van der Waals surface area contributed by atoms with E-state index in [-0.39, 0.29) is 11.7 Å². The zero-order valence-corrected chi connectivity index (χ0v) is 12.8. The Kier molecular flexibility index (Phi) is 4.93. The van der Waals surface area contributed by atoms with Crippen LogP contribution in [0.4, 0.5) is 17.5 Å². The van der Waals surface area contributed by atoms with Gasteiger partial charge in [0.25, 0.3) is 0 Å². The first-order valence-corrected chi connectivity index (χ1v) is 7.56. The lowest BCUT2D eigenvalue weighted by molar-refractivity contribution is -0.385. The van der Waals surface area contributed by atoms with E-state index in [1.54, 1.807) is 6.92 Å². The number of nitro groups is 1. The molecular weight excluding hydrogens is 270 g/mol. The lowest BCUT2D eigenvalue weighted by Gasteiger charge is -2.18. The topological polar surface area (TPSA) is 93.0 Å². The summed E-state index contributed by atoms with van der Waals surface area (Å²) in [6, 6.07) is 0.247. The number of nitrogens with zero attached hydrogens (tertiary/aromatic N) is 3. The average Bonchev–Trinajstić information content (AvgIpc) is 2.81. The molecule has 1 aliphatic carbocycles. The molecule has 2 N–H and O–H groups in total. The van der Waals surface area contributed by atoms with Gasteiger partial charge in [-0.05, 0) is 32.1 Å². The summed E-state index contributed by atoms with van der Waals surface area (Å²) in [5.41, 5.74) is 0.373. The van der Waals surface area contributed by atoms with Crippen LogP contribution in [0.25, 0.3) is 0 Å². The van der Waals surface area contributed by atoms with E-state index in [1.807, 2.05) is 6.92 Å². The van der Waals surface area contributed by atoms with Crippen LogP contribution in [0.2, 0.25) is 0 Å². The van der Waals surface area contributed by atoms with Gasteiger partial charge in [0.2, 0.25) is 11.8 Å². The molecule has 2 unspecified atom stereocenters. The molecule has 1 aromatic rings. The highest BCUT2D eigenvalue weighted by atomic mass is 16.6. The third-order valence-corrected chi connectivity index (χ3v) is 3.96. The third-order valence-electron chi connectivity index (χ3n) is 3.96. The van der Waals surface area contributed by atoms with Crippen molar-refractivity contribution in [1.82, 2.24) is 9.97 Å². The van der Waals surface area contributed by atoms with Gasteiger partial charge in [0.1, 0.15) is 5.69 Å². The van der Waals surface area contributed by atoms with Crippen LogP contribution in [0.3, 0.4) is 0 Å². The van der Waals surface area contributed by atoms with Gasteiger partial charge in [-0.15, -0.1) is 0 Å². The fourth-order valence-corrected chi connectivity index (χ4v) is 2.74. The van der Waals surface area contributed by atoms with Crippen molar-refractivity contribution in [2.45, 2.75) is 52.5 Å². The summed E-state index contributed by atoms with van der Waals surface area (Å²) < 4.78 is 0. The highest BCUT2D eigenvalue weighted by Gasteiger charge is 2.28. The van der Waals surface area contributed by atoms with Crippen LogP contribution >= 0.6 is 0 Å². The number of hydrogen-bond donors (Lipinski definition) is 2. The van der Waals surface area contributed by atoms with E-state index in [0.29, 0.717) is 23.4 Å². The first-order chi connectivity index (χ1) is 10.0. The van der Waals surface area contributed by atoms with Crippen LogP contribution < -0.4 is 10.6 Å². The monoisotopic (exact) mass is 293 g/mol.